The molecule has 0 amide bonds. The van der Waals surface area contributed by atoms with Crippen molar-refractivity contribution in [2.75, 3.05) is 12.8 Å². The molecule has 2 fully saturated rings. The SMILES string of the molecule is CS(=O)(=O)N1CCCCC1C1CCCC1O. The molecule has 3 unspecified atom stereocenters. The molecule has 2 aliphatic rings. The van der Waals surface area contributed by atoms with Gasteiger partial charge in [0.15, 0.2) is 0 Å². The first-order chi connectivity index (χ1) is 7.50. The van der Waals surface area contributed by atoms with E-state index in [4.69, 9.17) is 0 Å². The number of piperidine rings is 1. The molecule has 1 aliphatic heterocycles. The van der Waals surface area contributed by atoms with Crippen LogP contribution in [0.4, 0.5) is 0 Å². The number of sulfonamides is 1. The highest BCUT2D eigenvalue weighted by Gasteiger charge is 2.40. The summed E-state index contributed by atoms with van der Waals surface area (Å²) < 4.78 is 25.0. The van der Waals surface area contributed by atoms with Crippen LogP contribution in [0, 0.1) is 5.92 Å². The Morgan fingerprint density at radius 3 is 2.44 bits per heavy atom. The first-order valence-corrected chi connectivity index (χ1v) is 8.00. The predicted molar refractivity (Wildman–Crippen MR) is 62.5 cm³/mol. The van der Waals surface area contributed by atoms with Crippen molar-refractivity contribution in [3.63, 3.8) is 0 Å². The maximum Gasteiger partial charge on any atom is 0.211 e. The highest BCUT2D eigenvalue weighted by molar-refractivity contribution is 7.88. The first kappa shape index (κ1) is 12.3. The third-order valence-corrected chi connectivity index (χ3v) is 5.26. The Kier molecular flexibility index (Phi) is 3.56. The smallest absolute Gasteiger partial charge is 0.211 e. The van der Waals surface area contributed by atoms with Crippen LogP contribution < -0.4 is 0 Å². The lowest BCUT2D eigenvalue weighted by atomic mass is 9.89. The number of nitrogens with zero attached hydrogens (tertiary/aromatic N) is 1. The van der Waals surface area contributed by atoms with E-state index in [2.05, 4.69) is 0 Å². The maximum atomic E-state index is 11.7. The summed E-state index contributed by atoms with van der Waals surface area (Å²) >= 11 is 0. The molecule has 5 heteroatoms. The average Bonchev–Trinajstić information content (AvgIpc) is 2.63. The van der Waals surface area contributed by atoms with Crippen molar-refractivity contribution < 1.29 is 13.5 Å². The fourth-order valence-electron chi connectivity index (χ4n) is 3.19. The van der Waals surface area contributed by atoms with Gasteiger partial charge >= 0.3 is 0 Å². The molecule has 0 spiro atoms. The van der Waals surface area contributed by atoms with E-state index in [-0.39, 0.29) is 18.1 Å². The number of hydrogen-bond donors (Lipinski definition) is 1. The Hall–Kier alpha value is -0.130. The van der Waals surface area contributed by atoms with Crippen LogP contribution in [-0.2, 0) is 10.0 Å². The Morgan fingerprint density at radius 1 is 1.12 bits per heavy atom. The largest absolute Gasteiger partial charge is 0.393 e. The van der Waals surface area contributed by atoms with Crippen molar-refractivity contribution in [2.45, 2.75) is 50.7 Å². The van der Waals surface area contributed by atoms with E-state index in [0.717, 1.165) is 38.5 Å². The van der Waals surface area contributed by atoms with Crippen LogP contribution in [0.1, 0.15) is 38.5 Å². The van der Waals surface area contributed by atoms with Crippen LogP contribution >= 0.6 is 0 Å². The molecule has 1 aliphatic carbocycles. The summed E-state index contributed by atoms with van der Waals surface area (Å²) in [7, 11) is -3.11. The molecule has 16 heavy (non-hydrogen) atoms. The highest BCUT2D eigenvalue weighted by atomic mass is 32.2. The lowest BCUT2D eigenvalue weighted by molar-refractivity contribution is 0.0726. The van der Waals surface area contributed by atoms with Gasteiger partial charge in [-0.3, -0.25) is 0 Å². The molecule has 94 valence electrons. The van der Waals surface area contributed by atoms with Gasteiger partial charge in [0.1, 0.15) is 0 Å². The first-order valence-electron chi connectivity index (χ1n) is 6.15. The summed E-state index contributed by atoms with van der Waals surface area (Å²) in [5.41, 5.74) is 0. The highest BCUT2D eigenvalue weighted by Crippen LogP contribution is 2.36. The summed E-state index contributed by atoms with van der Waals surface area (Å²) in [6.45, 7) is 0.632. The summed E-state index contributed by atoms with van der Waals surface area (Å²) in [4.78, 5) is 0. The van der Waals surface area contributed by atoms with E-state index >= 15 is 0 Å². The van der Waals surface area contributed by atoms with Crippen molar-refractivity contribution in [1.29, 1.82) is 0 Å². The number of aliphatic hydroxyl groups is 1. The Bertz CT molecular complexity index is 341. The van der Waals surface area contributed by atoms with Gasteiger partial charge in [-0.2, -0.15) is 4.31 Å². The van der Waals surface area contributed by atoms with Gasteiger partial charge in [0.05, 0.1) is 12.4 Å². The standard InChI is InChI=1S/C11H21NO3S/c1-16(14,15)12-8-3-2-6-10(12)9-5-4-7-11(9)13/h9-11,13H,2-8H2,1H3. The number of hydrogen-bond acceptors (Lipinski definition) is 3. The molecule has 4 nitrogen and oxygen atoms in total. The fourth-order valence-corrected chi connectivity index (χ4v) is 4.40. The zero-order valence-corrected chi connectivity index (χ0v) is 10.6. The summed E-state index contributed by atoms with van der Waals surface area (Å²) in [6, 6.07) is 0.0428. The molecule has 1 saturated carbocycles. The molecule has 0 aromatic carbocycles. The minimum atomic E-state index is -3.11. The topological polar surface area (TPSA) is 57.6 Å². The molecular formula is C11H21NO3S. The second-order valence-corrected chi connectivity index (χ2v) is 7.03. The van der Waals surface area contributed by atoms with Gasteiger partial charge in [0.25, 0.3) is 0 Å². The summed E-state index contributed by atoms with van der Waals surface area (Å²) in [6.07, 6.45) is 6.76. The third kappa shape index (κ3) is 2.41. The minimum absolute atomic E-state index is 0.0428. The van der Waals surface area contributed by atoms with Crippen molar-refractivity contribution in [2.24, 2.45) is 5.92 Å². The van der Waals surface area contributed by atoms with Crippen LogP contribution in [0.3, 0.4) is 0 Å². The fraction of sp³-hybridized carbons (Fsp3) is 1.00. The van der Waals surface area contributed by atoms with Crippen molar-refractivity contribution in [3.05, 3.63) is 0 Å². The molecular weight excluding hydrogens is 226 g/mol. The maximum absolute atomic E-state index is 11.7. The molecule has 3 atom stereocenters. The van der Waals surface area contributed by atoms with Crippen LogP contribution in [0.15, 0.2) is 0 Å². The lowest BCUT2D eigenvalue weighted by Gasteiger charge is -2.38. The van der Waals surface area contributed by atoms with Gasteiger partial charge < -0.3 is 5.11 Å². The summed E-state index contributed by atoms with van der Waals surface area (Å²) in [5, 5.41) is 9.90. The van der Waals surface area contributed by atoms with Crippen molar-refractivity contribution >= 4 is 10.0 Å². The Balaban J connectivity index is 2.16. The Morgan fingerprint density at radius 2 is 1.88 bits per heavy atom. The van der Waals surface area contributed by atoms with Gasteiger partial charge in [0, 0.05) is 18.5 Å². The van der Waals surface area contributed by atoms with Crippen molar-refractivity contribution in [3.8, 4) is 0 Å². The van der Waals surface area contributed by atoms with Crippen molar-refractivity contribution in [1.82, 2.24) is 4.31 Å². The molecule has 0 radical (unpaired) electrons. The van der Waals surface area contributed by atoms with E-state index < -0.39 is 10.0 Å². The monoisotopic (exact) mass is 247 g/mol. The predicted octanol–water partition coefficient (Wildman–Crippen LogP) is 0.962. The van der Waals surface area contributed by atoms with E-state index in [1.165, 1.54) is 6.26 Å². The van der Waals surface area contributed by atoms with Crippen LogP contribution in [-0.4, -0.2) is 42.8 Å². The molecule has 0 aromatic rings. The molecule has 0 bridgehead atoms. The minimum Gasteiger partial charge on any atom is -0.393 e. The van der Waals surface area contributed by atoms with Gasteiger partial charge in [-0.25, -0.2) is 8.42 Å². The second-order valence-electron chi connectivity index (χ2n) is 5.10. The molecule has 2 rings (SSSR count). The second kappa shape index (κ2) is 4.63. The number of rotatable bonds is 2. The van der Waals surface area contributed by atoms with E-state index in [9.17, 15) is 13.5 Å². The van der Waals surface area contributed by atoms with Gasteiger partial charge in [-0.05, 0) is 25.7 Å². The normalized spacial score (nSPS) is 37.8. The van der Waals surface area contributed by atoms with Crippen LogP contribution in [0.2, 0.25) is 0 Å². The quantitative estimate of drug-likeness (QED) is 0.791. The van der Waals surface area contributed by atoms with Crippen LogP contribution in [0.5, 0.6) is 0 Å². The van der Waals surface area contributed by atoms with Gasteiger partial charge in [-0.1, -0.05) is 12.8 Å². The van der Waals surface area contributed by atoms with E-state index in [0.29, 0.717) is 6.54 Å². The van der Waals surface area contributed by atoms with Gasteiger partial charge in [0.2, 0.25) is 10.0 Å². The third-order valence-electron chi connectivity index (χ3n) is 3.95. The molecule has 1 heterocycles. The average molecular weight is 247 g/mol. The zero-order valence-electron chi connectivity index (χ0n) is 9.80. The molecule has 0 aromatic heterocycles. The Labute approximate surface area is 97.7 Å². The lowest BCUT2D eigenvalue weighted by Crippen LogP contribution is -2.48. The van der Waals surface area contributed by atoms with E-state index in [1.54, 1.807) is 4.31 Å². The van der Waals surface area contributed by atoms with Crippen LogP contribution in [0.25, 0.3) is 0 Å². The number of aliphatic hydroxyl groups excluding tert-OH is 1. The zero-order chi connectivity index (χ0) is 11.8. The van der Waals surface area contributed by atoms with E-state index in [1.807, 2.05) is 0 Å². The molecule has 1 N–H and O–H groups in total. The molecule has 1 saturated heterocycles. The summed E-state index contributed by atoms with van der Waals surface area (Å²) in [5.74, 6) is 0.162. The van der Waals surface area contributed by atoms with Gasteiger partial charge in [-0.15, -0.1) is 0 Å².